The Bertz CT molecular complexity index is 924. The summed E-state index contributed by atoms with van der Waals surface area (Å²) in [5.41, 5.74) is 2.20. The van der Waals surface area contributed by atoms with Crippen molar-refractivity contribution < 1.29 is 14.6 Å². The van der Waals surface area contributed by atoms with Gasteiger partial charge in [0.2, 0.25) is 0 Å². The number of nitrogens with zero attached hydrogens (tertiary/aromatic N) is 4. The predicted octanol–water partition coefficient (Wildman–Crippen LogP) is 3.29. The fourth-order valence-electron chi connectivity index (χ4n) is 5.68. The molecular weight excluding hydrogens is 424 g/mol. The minimum absolute atomic E-state index is 0.0645. The van der Waals surface area contributed by atoms with E-state index < -0.39 is 0 Å². The van der Waals surface area contributed by atoms with Crippen LogP contribution in [0.1, 0.15) is 67.0 Å². The topological polar surface area (TPSA) is 72.6 Å². The Morgan fingerprint density at radius 1 is 1.34 bits per heavy atom. The number of thiophene rings is 1. The number of aliphatic hydroxyl groups excluding tert-OH is 1. The van der Waals surface area contributed by atoms with E-state index in [4.69, 9.17) is 14.6 Å². The number of aryl methyl sites for hydroxylation is 1. The van der Waals surface area contributed by atoms with E-state index in [1.54, 1.807) is 4.88 Å². The zero-order valence-corrected chi connectivity index (χ0v) is 20.2. The number of ether oxygens (including phenoxy) is 2. The highest BCUT2D eigenvalue weighted by molar-refractivity contribution is 7.12. The van der Waals surface area contributed by atoms with Gasteiger partial charge in [0, 0.05) is 41.5 Å². The molecule has 7 nitrogen and oxygen atoms in total. The van der Waals surface area contributed by atoms with Crippen LogP contribution >= 0.6 is 11.3 Å². The van der Waals surface area contributed by atoms with Crippen LogP contribution < -0.4 is 0 Å². The van der Waals surface area contributed by atoms with Crippen LogP contribution in [0.2, 0.25) is 0 Å². The van der Waals surface area contributed by atoms with E-state index in [1.807, 2.05) is 16.0 Å². The van der Waals surface area contributed by atoms with Crippen LogP contribution in [-0.2, 0) is 41.0 Å². The third-order valence-corrected chi connectivity index (χ3v) is 8.96. The normalized spacial score (nSPS) is 27.4. The van der Waals surface area contributed by atoms with Gasteiger partial charge in [-0.15, -0.1) is 16.4 Å². The summed E-state index contributed by atoms with van der Waals surface area (Å²) in [4.78, 5) is 5.55. The molecule has 176 valence electrons. The molecule has 8 heteroatoms. The molecule has 1 saturated heterocycles. The van der Waals surface area contributed by atoms with Crippen molar-refractivity contribution in [2.75, 3.05) is 26.4 Å². The number of hydrogen-bond acceptors (Lipinski definition) is 7. The molecule has 2 aromatic heterocycles. The minimum atomic E-state index is -0.174. The smallest absolute Gasteiger partial charge is 0.0969 e. The maximum absolute atomic E-state index is 9.11. The molecule has 1 saturated carbocycles. The standard InChI is InChI=1S/C24H36N4O3S/c1-3-20-13-21-22(32-20)5-11-31-24(21)8-9-27(18(2)14-24)15-19-16-28(26-25-19)17-23(6-4-7-23)30-12-10-29/h13,16,18,29H,3-12,14-15,17H2,1-2H3/t18-,24+/m0/s1. The first-order valence-corrected chi connectivity index (χ1v) is 13.0. The minimum Gasteiger partial charge on any atom is -0.394 e. The zero-order valence-electron chi connectivity index (χ0n) is 19.4. The van der Waals surface area contributed by atoms with E-state index >= 15 is 0 Å². The van der Waals surface area contributed by atoms with Crippen molar-refractivity contribution in [3.05, 3.63) is 33.3 Å². The molecule has 5 rings (SSSR count). The summed E-state index contributed by atoms with van der Waals surface area (Å²) >= 11 is 1.99. The lowest BCUT2D eigenvalue weighted by Gasteiger charge is -2.47. The maximum Gasteiger partial charge on any atom is 0.0969 e. The van der Waals surface area contributed by atoms with Gasteiger partial charge >= 0.3 is 0 Å². The average Bonchev–Trinajstić information content (AvgIpc) is 3.39. The molecule has 0 amide bonds. The Morgan fingerprint density at radius 2 is 2.22 bits per heavy atom. The van der Waals surface area contributed by atoms with E-state index in [9.17, 15) is 0 Å². The molecule has 32 heavy (non-hydrogen) atoms. The summed E-state index contributed by atoms with van der Waals surface area (Å²) in [5.74, 6) is 0. The predicted molar refractivity (Wildman–Crippen MR) is 124 cm³/mol. The van der Waals surface area contributed by atoms with Gasteiger partial charge in [0.1, 0.15) is 0 Å². The second kappa shape index (κ2) is 9.14. The highest BCUT2D eigenvalue weighted by atomic mass is 32.1. The van der Waals surface area contributed by atoms with Crippen LogP contribution in [0.4, 0.5) is 0 Å². The number of aliphatic hydroxyl groups is 1. The Hall–Kier alpha value is -1.32. The molecule has 1 N–H and O–H groups in total. The largest absolute Gasteiger partial charge is 0.394 e. The summed E-state index contributed by atoms with van der Waals surface area (Å²) in [6, 6.07) is 2.85. The highest BCUT2D eigenvalue weighted by Crippen LogP contribution is 2.46. The number of hydrogen-bond donors (Lipinski definition) is 1. The van der Waals surface area contributed by atoms with Crippen molar-refractivity contribution in [2.24, 2.45) is 0 Å². The van der Waals surface area contributed by atoms with Gasteiger partial charge in [-0.25, -0.2) is 4.68 Å². The van der Waals surface area contributed by atoms with Crippen molar-refractivity contribution in [2.45, 2.75) is 89.1 Å². The van der Waals surface area contributed by atoms with Gasteiger partial charge in [0.25, 0.3) is 0 Å². The highest BCUT2D eigenvalue weighted by Gasteiger charge is 2.44. The van der Waals surface area contributed by atoms with Crippen molar-refractivity contribution in [1.82, 2.24) is 19.9 Å². The van der Waals surface area contributed by atoms with Crippen LogP contribution in [0.5, 0.6) is 0 Å². The first kappa shape index (κ1) is 22.5. The molecule has 1 spiro atoms. The van der Waals surface area contributed by atoms with Gasteiger partial charge in [0.15, 0.2) is 0 Å². The number of aromatic nitrogens is 3. The summed E-state index contributed by atoms with van der Waals surface area (Å²) < 4.78 is 14.3. The van der Waals surface area contributed by atoms with Gasteiger partial charge in [0.05, 0.1) is 43.3 Å². The third kappa shape index (κ3) is 4.28. The van der Waals surface area contributed by atoms with Gasteiger partial charge < -0.3 is 14.6 Å². The Morgan fingerprint density at radius 3 is 2.94 bits per heavy atom. The SMILES string of the molecule is CCc1cc2c(s1)CCO[C@@]21CCN(Cc2cn(CC3(OCCO)CCC3)nn2)[C@@H](C)C1. The number of rotatable bonds is 8. The Labute approximate surface area is 194 Å². The van der Waals surface area contributed by atoms with E-state index in [0.29, 0.717) is 19.2 Å². The van der Waals surface area contributed by atoms with Crippen LogP contribution in [0.3, 0.4) is 0 Å². The molecule has 0 radical (unpaired) electrons. The van der Waals surface area contributed by atoms with Crippen LogP contribution in [0.15, 0.2) is 12.3 Å². The molecule has 0 bridgehead atoms. The molecule has 1 aliphatic carbocycles. The van der Waals surface area contributed by atoms with Crippen LogP contribution in [0, 0.1) is 0 Å². The van der Waals surface area contributed by atoms with Crippen molar-refractivity contribution in [3.8, 4) is 0 Å². The lowest BCUT2D eigenvalue weighted by Crippen LogP contribution is -2.50. The number of piperidine rings is 1. The van der Waals surface area contributed by atoms with Gasteiger partial charge in [-0.1, -0.05) is 12.1 Å². The Kier molecular flexibility index (Phi) is 6.42. The molecule has 2 fully saturated rings. The molecule has 0 unspecified atom stereocenters. The van der Waals surface area contributed by atoms with Gasteiger partial charge in [-0.05, 0) is 57.1 Å². The summed E-state index contributed by atoms with van der Waals surface area (Å²) in [6.07, 6.45) is 9.54. The average molecular weight is 461 g/mol. The first-order valence-electron chi connectivity index (χ1n) is 12.2. The van der Waals surface area contributed by atoms with E-state index in [2.05, 4.69) is 41.3 Å². The van der Waals surface area contributed by atoms with Crippen molar-refractivity contribution in [3.63, 3.8) is 0 Å². The number of likely N-dealkylation sites (tertiary alicyclic amines) is 1. The van der Waals surface area contributed by atoms with E-state index in [-0.39, 0.29) is 17.8 Å². The summed E-state index contributed by atoms with van der Waals surface area (Å²) in [7, 11) is 0. The second-order valence-electron chi connectivity index (χ2n) is 9.79. The monoisotopic (exact) mass is 460 g/mol. The second-order valence-corrected chi connectivity index (χ2v) is 11.0. The molecular formula is C24H36N4O3S. The molecule has 2 aliphatic heterocycles. The molecule has 2 atom stereocenters. The molecule has 2 aromatic rings. The summed E-state index contributed by atoms with van der Waals surface area (Å²) in [6.45, 7) is 8.41. The zero-order chi connectivity index (χ0) is 22.2. The number of fused-ring (bicyclic) bond motifs is 2. The van der Waals surface area contributed by atoms with Gasteiger partial charge in [-0.2, -0.15) is 0 Å². The van der Waals surface area contributed by atoms with Crippen LogP contribution in [-0.4, -0.2) is 63.0 Å². The van der Waals surface area contributed by atoms with Crippen molar-refractivity contribution >= 4 is 11.3 Å². The first-order chi connectivity index (χ1) is 15.5. The molecule has 4 heterocycles. The summed E-state index contributed by atoms with van der Waals surface area (Å²) in [5, 5.41) is 18.0. The quantitative estimate of drug-likeness (QED) is 0.652. The fourth-order valence-corrected chi connectivity index (χ4v) is 6.86. The molecule has 3 aliphatic rings. The fraction of sp³-hybridized carbons (Fsp3) is 0.750. The Balaban J connectivity index is 1.22. The third-order valence-electron chi connectivity index (χ3n) is 7.62. The van der Waals surface area contributed by atoms with Crippen molar-refractivity contribution in [1.29, 1.82) is 0 Å². The lowest BCUT2D eigenvalue weighted by atomic mass is 9.79. The lowest BCUT2D eigenvalue weighted by molar-refractivity contribution is -0.119. The van der Waals surface area contributed by atoms with Gasteiger partial charge in [-0.3, -0.25) is 4.90 Å². The molecule has 0 aromatic carbocycles. The van der Waals surface area contributed by atoms with E-state index in [0.717, 1.165) is 63.9 Å². The van der Waals surface area contributed by atoms with Crippen LogP contribution in [0.25, 0.3) is 0 Å². The maximum atomic E-state index is 9.11. The van der Waals surface area contributed by atoms with E-state index in [1.165, 1.54) is 16.9 Å².